The van der Waals surface area contributed by atoms with Crippen LogP contribution in [0.25, 0.3) is 67.1 Å². The van der Waals surface area contributed by atoms with E-state index >= 15 is 0 Å². The van der Waals surface area contributed by atoms with E-state index in [2.05, 4.69) is 157 Å². The third kappa shape index (κ3) is 3.85. The molecule has 0 N–H and O–H groups in total. The molecule has 0 unspecified atom stereocenters. The van der Waals surface area contributed by atoms with Crippen molar-refractivity contribution in [2.45, 2.75) is 19.3 Å². The van der Waals surface area contributed by atoms with Gasteiger partial charge in [0.25, 0.3) is 0 Å². The fourth-order valence-electron chi connectivity index (χ4n) is 7.19. The average Bonchev–Trinajstić information content (AvgIpc) is 3.71. The lowest BCUT2D eigenvalue weighted by Crippen LogP contribution is -2.16. The normalized spacial score (nSPS) is 13.3. The highest BCUT2D eigenvalue weighted by molar-refractivity contribution is 6.12. The van der Waals surface area contributed by atoms with E-state index in [1.807, 2.05) is 12.1 Å². The second-order valence-corrected chi connectivity index (χ2v) is 12.3. The van der Waals surface area contributed by atoms with Crippen molar-refractivity contribution in [2.24, 2.45) is 0 Å². The van der Waals surface area contributed by atoms with E-state index in [9.17, 15) is 0 Å². The first-order chi connectivity index (χ1) is 22.1. The van der Waals surface area contributed by atoms with Crippen molar-refractivity contribution in [2.75, 3.05) is 0 Å². The van der Waals surface area contributed by atoms with Gasteiger partial charge in [0.05, 0.1) is 28.1 Å². The van der Waals surface area contributed by atoms with Crippen LogP contribution in [0.1, 0.15) is 25.1 Å². The number of hydrogen-bond acceptors (Lipinski definition) is 2. The number of nitrogens with zero attached hydrogens (tertiary/aromatic N) is 4. The number of rotatable bonds is 4. The highest BCUT2D eigenvalue weighted by Gasteiger charge is 2.39. The third-order valence-corrected chi connectivity index (χ3v) is 9.30. The Labute approximate surface area is 261 Å². The Balaban J connectivity index is 1.32. The van der Waals surface area contributed by atoms with Gasteiger partial charge in [0.2, 0.25) is 0 Å². The molecule has 8 aromatic rings. The molecule has 4 heterocycles. The molecule has 5 aromatic carbocycles. The van der Waals surface area contributed by atoms with Crippen LogP contribution in [0.4, 0.5) is 0 Å². The van der Waals surface area contributed by atoms with Crippen LogP contribution in [-0.2, 0) is 5.41 Å². The zero-order valence-corrected chi connectivity index (χ0v) is 25.1. The molecule has 0 saturated heterocycles. The van der Waals surface area contributed by atoms with Gasteiger partial charge in [-0.15, -0.1) is 0 Å². The van der Waals surface area contributed by atoms with E-state index in [-0.39, 0.29) is 5.41 Å². The van der Waals surface area contributed by atoms with Gasteiger partial charge in [-0.1, -0.05) is 111 Å². The van der Waals surface area contributed by atoms with Crippen LogP contribution in [0.3, 0.4) is 0 Å². The Bertz CT molecular complexity index is 2320. The third-order valence-electron chi connectivity index (χ3n) is 9.30. The summed E-state index contributed by atoms with van der Waals surface area (Å²) in [5, 5.41) is 2.42. The second kappa shape index (κ2) is 9.63. The van der Waals surface area contributed by atoms with Crippen LogP contribution in [0, 0.1) is 0 Å². The lowest BCUT2D eigenvalue weighted by Gasteiger charge is -2.20. The van der Waals surface area contributed by atoms with Gasteiger partial charge in [0, 0.05) is 50.4 Å². The number of benzene rings is 5. The highest BCUT2D eigenvalue weighted by atomic mass is 15.1. The Morgan fingerprint density at radius 3 is 1.82 bits per heavy atom. The van der Waals surface area contributed by atoms with E-state index in [1.165, 1.54) is 38.8 Å². The summed E-state index contributed by atoms with van der Waals surface area (Å²) in [6.45, 7) is 4.69. The van der Waals surface area contributed by atoms with Gasteiger partial charge < -0.3 is 9.13 Å². The van der Waals surface area contributed by atoms with Gasteiger partial charge in [-0.3, -0.25) is 0 Å². The van der Waals surface area contributed by atoms with Gasteiger partial charge >= 0.3 is 0 Å². The summed E-state index contributed by atoms with van der Waals surface area (Å²) in [6.07, 6.45) is 2.33. The molecule has 4 nitrogen and oxygen atoms in total. The Morgan fingerprint density at radius 2 is 1.16 bits per heavy atom. The molecule has 4 heteroatoms. The molecular weight excluding hydrogens is 548 g/mol. The van der Waals surface area contributed by atoms with Crippen molar-refractivity contribution in [3.05, 3.63) is 157 Å². The van der Waals surface area contributed by atoms with Crippen LogP contribution in [0.5, 0.6) is 0 Å². The number of fused-ring (bicyclic) bond motifs is 7. The zero-order chi connectivity index (χ0) is 30.1. The number of hydrogen-bond donors (Lipinski definition) is 0. The predicted molar refractivity (Wildman–Crippen MR) is 184 cm³/mol. The minimum atomic E-state index is -0.153. The second-order valence-electron chi connectivity index (χ2n) is 12.3. The maximum atomic E-state index is 5.13. The number of para-hydroxylation sites is 2. The molecule has 1 aliphatic heterocycles. The molecule has 0 fully saturated rings. The molecule has 45 heavy (non-hydrogen) atoms. The molecule has 0 aliphatic carbocycles. The van der Waals surface area contributed by atoms with Crippen LogP contribution in [-0.4, -0.2) is 19.1 Å². The molecule has 0 bridgehead atoms. The molecule has 0 amide bonds. The molecule has 0 spiro atoms. The smallest absolute Gasteiger partial charge is 0.160 e. The first kappa shape index (κ1) is 25.7. The van der Waals surface area contributed by atoms with Crippen LogP contribution in [0.15, 0.2) is 146 Å². The van der Waals surface area contributed by atoms with Gasteiger partial charge in [0.15, 0.2) is 5.82 Å². The van der Waals surface area contributed by atoms with Crippen LogP contribution >= 0.6 is 0 Å². The summed E-state index contributed by atoms with van der Waals surface area (Å²) in [5.74, 6) is 0.718. The SMILES string of the molecule is CC1(C)c2ccccc2-n2cc3c4cc(-c5nc(-c6ccccc6)cc(-c6ccccc6)n5)ccc4n(-c4ccccc4)c3c21. The Morgan fingerprint density at radius 1 is 0.556 bits per heavy atom. The Kier molecular flexibility index (Phi) is 5.51. The van der Waals surface area contributed by atoms with Gasteiger partial charge in [0.1, 0.15) is 0 Å². The fourth-order valence-corrected chi connectivity index (χ4v) is 7.19. The van der Waals surface area contributed by atoms with Gasteiger partial charge in [-0.25, -0.2) is 9.97 Å². The summed E-state index contributed by atoms with van der Waals surface area (Å²) in [7, 11) is 0. The molecule has 3 aromatic heterocycles. The first-order valence-electron chi connectivity index (χ1n) is 15.4. The van der Waals surface area contributed by atoms with Crippen molar-refractivity contribution in [1.29, 1.82) is 0 Å². The van der Waals surface area contributed by atoms with Crippen molar-refractivity contribution in [3.63, 3.8) is 0 Å². The molecule has 0 radical (unpaired) electrons. The van der Waals surface area contributed by atoms with E-state index in [0.29, 0.717) is 0 Å². The number of aromatic nitrogens is 4. The predicted octanol–water partition coefficient (Wildman–Crippen LogP) is 10.0. The van der Waals surface area contributed by atoms with Crippen molar-refractivity contribution in [1.82, 2.24) is 19.1 Å². The van der Waals surface area contributed by atoms with Gasteiger partial charge in [-0.2, -0.15) is 0 Å². The monoisotopic (exact) mass is 578 g/mol. The maximum absolute atomic E-state index is 5.13. The fraction of sp³-hybridized carbons (Fsp3) is 0.0732. The average molecular weight is 579 g/mol. The first-order valence-corrected chi connectivity index (χ1v) is 15.4. The summed E-state index contributed by atoms with van der Waals surface area (Å²) >= 11 is 0. The van der Waals surface area contributed by atoms with Crippen LogP contribution in [0.2, 0.25) is 0 Å². The lowest BCUT2D eigenvalue weighted by molar-refractivity contribution is 0.646. The van der Waals surface area contributed by atoms with Crippen molar-refractivity contribution in [3.8, 4) is 45.3 Å². The molecule has 1 aliphatic rings. The standard InChI is InChI=1S/C41H30N4/c1-41(2)33-20-12-13-21-37(33)44-26-32-31-24-29(22-23-36(31)45(38(32)39(41)44)30-18-10-5-11-19-30)40-42-34(27-14-6-3-7-15-27)25-35(43-40)28-16-8-4-9-17-28/h3-26H,1-2H3. The summed E-state index contributed by atoms with van der Waals surface area (Å²) in [6, 6.07) is 49.0. The van der Waals surface area contributed by atoms with Crippen molar-refractivity contribution >= 4 is 21.8 Å². The van der Waals surface area contributed by atoms with Gasteiger partial charge in [-0.05, 0) is 48.0 Å². The summed E-state index contributed by atoms with van der Waals surface area (Å²) < 4.78 is 4.84. The molecule has 9 rings (SSSR count). The van der Waals surface area contributed by atoms with Crippen LogP contribution < -0.4 is 0 Å². The largest absolute Gasteiger partial charge is 0.317 e. The topological polar surface area (TPSA) is 35.6 Å². The van der Waals surface area contributed by atoms with Crippen molar-refractivity contribution < 1.29 is 0 Å². The lowest BCUT2D eigenvalue weighted by atomic mass is 9.83. The quantitative estimate of drug-likeness (QED) is 0.208. The molecule has 214 valence electrons. The molecule has 0 atom stereocenters. The van der Waals surface area contributed by atoms with E-state index in [4.69, 9.17) is 9.97 Å². The summed E-state index contributed by atoms with van der Waals surface area (Å²) in [5.41, 5.74) is 12.3. The highest BCUT2D eigenvalue weighted by Crippen LogP contribution is 2.49. The minimum absolute atomic E-state index is 0.153. The summed E-state index contributed by atoms with van der Waals surface area (Å²) in [4.78, 5) is 10.3. The van der Waals surface area contributed by atoms with E-state index < -0.39 is 0 Å². The Hall–Kier alpha value is -5.74. The van der Waals surface area contributed by atoms with E-state index in [0.717, 1.165) is 39.6 Å². The maximum Gasteiger partial charge on any atom is 0.160 e. The minimum Gasteiger partial charge on any atom is -0.317 e. The molecular formula is C41H30N4. The van der Waals surface area contributed by atoms with E-state index in [1.54, 1.807) is 0 Å². The zero-order valence-electron chi connectivity index (χ0n) is 25.1. The molecule has 0 saturated carbocycles.